The molecule has 3 aromatic rings. The average molecular weight is 266 g/mol. The summed E-state index contributed by atoms with van der Waals surface area (Å²) in [6, 6.07) is 8.25. The smallest absolute Gasteiger partial charge is 0.0855 e. The van der Waals surface area contributed by atoms with E-state index in [0.29, 0.717) is 0 Å². The number of fused-ring (bicyclic) bond motifs is 1. The largest absolute Gasteiger partial charge is 0.386 e. The molecule has 2 heterocycles. The highest BCUT2D eigenvalue weighted by atomic mass is 16.3. The van der Waals surface area contributed by atoms with Crippen molar-refractivity contribution in [3.8, 4) is 11.1 Å². The lowest BCUT2D eigenvalue weighted by Gasteiger charge is -2.17. The summed E-state index contributed by atoms with van der Waals surface area (Å²) in [7, 11) is 0. The lowest BCUT2D eigenvalue weighted by Crippen LogP contribution is -2.15. The molecular weight excluding hydrogens is 248 g/mol. The SMILES string of the molecule is Cc1cccc2c(-c3cncc(C(C)(C)O)c3)c[nH]c12. The molecule has 102 valence electrons. The summed E-state index contributed by atoms with van der Waals surface area (Å²) in [6.45, 7) is 5.63. The van der Waals surface area contributed by atoms with Crippen LogP contribution < -0.4 is 0 Å². The van der Waals surface area contributed by atoms with E-state index in [-0.39, 0.29) is 0 Å². The normalized spacial score (nSPS) is 12.0. The summed E-state index contributed by atoms with van der Waals surface area (Å²) >= 11 is 0. The monoisotopic (exact) mass is 266 g/mol. The molecule has 3 rings (SSSR count). The van der Waals surface area contributed by atoms with Crippen LogP contribution >= 0.6 is 0 Å². The van der Waals surface area contributed by atoms with E-state index in [1.807, 2.05) is 18.5 Å². The Morgan fingerprint density at radius 2 is 2.00 bits per heavy atom. The molecule has 0 aliphatic rings. The van der Waals surface area contributed by atoms with Crippen molar-refractivity contribution >= 4 is 10.9 Å². The van der Waals surface area contributed by atoms with Crippen LogP contribution in [0.3, 0.4) is 0 Å². The fourth-order valence-corrected chi connectivity index (χ4v) is 2.47. The summed E-state index contributed by atoms with van der Waals surface area (Å²) in [5, 5.41) is 11.3. The van der Waals surface area contributed by atoms with E-state index < -0.39 is 5.60 Å². The second-order valence-corrected chi connectivity index (χ2v) is 5.72. The zero-order valence-electron chi connectivity index (χ0n) is 11.9. The summed E-state index contributed by atoms with van der Waals surface area (Å²) in [4.78, 5) is 7.59. The molecule has 0 saturated carbocycles. The molecule has 0 atom stereocenters. The predicted molar refractivity (Wildman–Crippen MR) is 81.5 cm³/mol. The average Bonchev–Trinajstić information content (AvgIpc) is 2.83. The van der Waals surface area contributed by atoms with Crippen LogP contribution in [0.2, 0.25) is 0 Å². The number of H-pyrrole nitrogens is 1. The van der Waals surface area contributed by atoms with Crippen LogP contribution in [-0.4, -0.2) is 15.1 Å². The summed E-state index contributed by atoms with van der Waals surface area (Å²) < 4.78 is 0. The number of aryl methyl sites for hydroxylation is 1. The number of aliphatic hydroxyl groups is 1. The van der Waals surface area contributed by atoms with E-state index in [4.69, 9.17) is 0 Å². The number of para-hydroxylation sites is 1. The van der Waals surface area contributed by atoms with Gasteiger partial charge in [0.05, 0.1) is 5.60 Å². The molecule has 1 aromatic carbocycles. The molecule has 0 saturated heterocycles. The van der Waals surface area contributed by atoms with E-state index in [9.17, 15) is 5.11 Å². The van der Waals surface area contributed by atoms with Gasteiger partial charge < -0.3 is 10.1 Å². The first-order valence-corrected chi connectivity index (χ1v) is 6.72. The molecule has 3 nitrogen and oxygen atoms in total. The minimum Gasteiger partial charge on any atom is -0.386 e. The molecule has 2 aromatic heterocycles. The molecule has 20 heavy (non-hydrogen) atoms. The molecule has 0 fully saturated rings. The zero-order valence-corrected chi connectivity index (χ0v) is 11.9. The molecule has 0 radical (unpaired) electrons. The Morgan fingerprint density at radius 3 is 2.75 bits per heavy atom. The maximum Gasteiger partial charge on any atom is 0.0855 e. The van der Waals surface area contributed by atoms with Crippen molar-refractivity contribution in [2.75, 3.05) is 0 Å². The van der Waals surface area contributed by atoms with Gasteiger partial charge in [-0.1, -0.05) is 18.2 Å². The highest BCUT2D eigenvalue weighted by Gasteiger charge is 2.17. The van der Waals surface area contributed by atoms with Crippen LogP contribution in [0.25, 0.3) is 22.0 Å². The van der Waals surface area contributed by atoms with Crippen molar-refractivity contribution in [1.82, 2.24) is 9.97 Å². The number of pyridine rings is 1. The second-order valence-electron chi connectivity index (χ2n) is 5.72. The topological polar surface area (TPSA) is 48.9 Å². The fourth-order valence-electron chi connectivity index (χ4n) is 2.47. The Balaban J connectivity index is 2.19. The number of hydrogen-bond acceptors (Lipinski definition) is 2. The van der Waals surface area contributed by atoms with Crippen molar-refractivity contribution in [2.45, 2.75) is 26.4 Å². The highest BCUT2D eigenvalue weighted by Crippen LogP contribution is 2.31. The summed E-state index contributed by atoms with van der Waals surface area (Å²) in [5.41, 5.74) is 4.43. The maximum absolute atomic E-state index is 10.1. The van der Waals surface area contributed by atoms with Crippen LogP contribution in [0, 0.1) is 6.92 Å². The molecule has 2 N–H and O–H groups in total. The van der Waals surface area contributed by atoms with Crippen molar-refractivity contribution in [1.29, 1.82) is 0 Å². The van der Waals surface area contributed by atoms with Crippen molar-refractivity contribution < 1.29 is 5.11 Å². The Bertz CT molecular complexity index is 766. The molecule has 0 unspecified atom stereocenters. The first kappa shape index (κ1) is 12.9. The molecule has 0 spiro atoms. The van der Waals surface area contributed by atoms with Crippen molar-refractivity contribution in [3.05, 3.63) is 54.0 Å². The lowest BCUT2D eigenvalue weighted by molar-refractivity contribution is 0.0783. The van der Waals surface area contributed by atoms with Gasteiger partial charge in [-0.25, -0.2) is 0 Å². The zero-order chi connectivity index (χ0) is 14.3. The van der Waals surface area contributed by atoms with E-state index in [1.165, 1.54) is 10.9 Å². The van der Waals surface area contributed by atoms with Gasteiger partial charge in [-0.2, -0.15) is 0 Å². The first-order valence-electron chi connectivity index (χ1n) is 6.72. The Hall–Kier alpha value is -2.13. The Kier molecular flexibility index (Phi) is 2.87. The van der Waals surface area contributed by atoms with Gasteiger partial charge in [-0.05, 0) is 32.4 Å². The van der Waals surface area contributed by atoms with Gasteiger partial charge in [-0.3, -0.25) is 4.98 Å². The first-order chi connectivity index (χ1) is 9.47. The van der Waals surface area contributed by atoms with Gasteiger partial charge >= 0.3 is 0 Å². The van der Waals surface area contributed by atoms with E-state index in [2.05, 4.69) is 35.1 Å². The van der Waals surface area contributed by atoms with Gasteiger partial charge in [0.1, 0.15) is 0 Å². The second kappa shape index (κ2) is 4.46. The number of rotatable bonds is 2. The van der Waals surface area contributed by atoms with Gasteiger partial charge in [0, 0.05) is 46.2 Å². The van der Waals surface area contributed by atoms with Crippen LogP contribution in [0.15, 0.2) is 42.9 Å². The minimum atomic E-state index is -0.884. The Labute approximate surface area is 118 Å². The molecule has 0 bridgehead atoms. The number of nitrogens with one attached hydrogen (secondary N) is 1. The van der Waals surface area contributed by atoms with Gasteiger partial charge in [0.2, 0.25) is 0 Å². The maximum atomic E-state index is 10.1. The summed E-state index contributed by atoms with van der Waals surface area (Å²) in [5.74, 6) is 0. The van der Waals surface area contributed by atoms with E-state index in [1.54, 1.807) is 20.0 Å². The summed E-state index contributed by atoms with van der Waals surface area (Å²) in [6.07, 6.45) is 5.55. The third-order valence-electron chi connectivity index (χ3n) is 3.68. The van der Waals surface area contributed by atoms with E-state index in [0.717, 1.165) is 22.2 Å². The molecular formula is C17H18N2O. The lowest BCUT2D eigenvalue weighted by atomic mass is 9.96. The third kappa shape index (κ3) is 2.10. The number of aromatic amines is 1. The quantitative estimate of drug-likeness (QED) is 0.742. The van der Waals surface area contributed by atoms with Gasteiger partial charge in [-0.15, -0.1) is 0 Å². The molecule has 0 aliphatic heterocycles. The van der Waals surface area contributed by atoms with E-state index >= 15 is 0 Å². The van der Waals surface area contributed by atoms with Gasteiger partial charge in [0.25, 0.3) is 0 Å². The molecule has 0 amide bonds. The third-order valence-corrected chi connectivity index (χ3v) is 3.68. The Morgan fingerprint density at radius 1 is 1.20 bits per heavy atom. The standard InChI is InChI=1S/C17H18N2O/c1-11-5-4-6-14-15(10-19-16(11)14)12-7-13(9-18-8-12)17(2,3)20/h4-10,19-20H,1-3H3. The van der Waals surface area contributed by atoms with Crippen molar-refractivity contribution in [2.24, 2.45) is 0 Å². The van der Waals surface area contributed by atoms with Crippen LogP contribution in [0.4, 0.5) is 0 Å². The molecule has 3 heteroatoms. The minimum absolute atomic E-state index is 0.817. The number of hydrogen-bond donors (Lipinski definition) is 2. The predicted octanol–water partition coefficient (Wildman–Crippen LogP) is 3.77. The number of nitrogens with zero attached hydrogens (tertiary/aromatic N) is 1. The number of benzene rings is 1. The number of aromatic nitrogens is 2. The van der Waals surface area contributed by atoms with Crippen LogP contribution in [0.5, 0.6) is 0 Å². The van der Waals surface area contributed by atoms with Crippen molar-refractivity contribution in [3.63, 3.8) is 0 Å². The molecule has 0 aliphatic carbocycles. The highest BCUT2D eigenvalue weighted by molar-refractivity contribution is 5.96. The van der Waals surface area contributed by atoms with Crippen LogP contribution in [-0.2, 0) is 5.60 Å². The van der Waals surface area contributed by atoms with Gasteiger partial charge in [0.15, 0.2) is 0 Å². The fraction of sp³-hybridized carbons (Fsp3) is 0.235. The van der Waals surface area contributed by atoms with Crippen LogP contribution in [0.1, 0.15) is 25.0 Å².